The fourth-order valence-corrected chi connectivity index (χ4v) is 3.11. The fourth-order valence-electron chi connectivity index (χ4n) is 3.11. The van der Waals surface area contributed by atoms with E-state index < -0.39 is 6.10 Å². The SMILES string of the molecule is CC(=O)OCC(O)Cc1ccc(C)cc1.CCOCC.CCOCC.CCOCC.CCOCC.CCOCC.CCOCC.CCOCC.CCOCC.CCOCC. The number of aliphatic hydroxyl groups is 1. The molecule has 12 nitrogen and oxygen atoms in total. The number of esters is 1. The zero-order chi connectivity index (χ0) is 48.4. The summed E-state index contributed by atoms with van der Waals surface area (Å²) in [4.78, 5) is 10.5. The van der Waals surface area contributed by atoms with Crippen LogP contribution >= 0.6 is 0 Å². The number of carbonyl (C=O) groups is 1. The molecular weight excluding hydrogens is 769 g/mol. The van der Waals surface area contributed by atoms with Crippen molar-refractivity contribution in [2.45, 2.75) is 151 Å². The van der Waals surface area contributed by atoms with E-state index in [0.717, 1.165) is 124 Å². The van der Waals surface area contributed by atoms with Gasteiger partial charge in [-0.25, -0.2) is 0 Å². The number of rotatable bonds is 22. The smallest absolute Gasteiger partial charge is 0.302 e. The minimum Gasteiger partial charge on any atom is -0.463 e. The second-order valence-corrected chi connectivity index (χ2v) is 10.7. The molecule has 0 heterocycles. The first-order chi connectivity index (χ1) is 28.8. The van der Waals surface area contributed by atoms with Crippen LogP contribution in [0.3, 0.4) is 0 Å². The van der Waals surface area contributed by atoms with Gasteiger partial charge < -0.3 is 52.5 Å². The van der Waals surface area contributed by atoms with E-state index in [2.05, 4.69) is 0 Å². The highest BCUT2D eigenvalue weighted by atomic mass is 16.5. The van der Waals surface area contributed by atoms with E-state index in [9.17, 15) is 9.90 Å². The first-order valence-corrected chi connectivity index (χ1v) is 22.9. The van der Waals surface area contributed by atoms with E-state index in [4.69, 9.17) is 47.4 Å². The summed E-state index contributed by atoms with van der Waals surface area (Å²) in [5.74, 6) is -0.363. The Hall–Kier alpha value is -1.71. The second kappa shape index (κ2) is 92.5. The molecule has 0 spiro atoms. The molecule has 0 aliphatic carbocycles. The van der Waals surface area contributed by atoms with Crippen LogP contribution in [0.5, 0.6) is 0 Å². The molecule has 0 saturated heterocycles. The van der Waals surface area contributed by atoms with Crippen LogP contribution in [-0.4, -0.2) is 143 Å². The average Bonchev–Trinajstić information content (AvgIpc) is 3.23. The van der Waals surface area contributed by atoms with Gasteiger partial charge in [-0.05, 0) is 137 Å². The van der Waals surface area contributed by atoms with Crippen LogP contribution in [0.15, 0.2) is 24.3 Å². The Bertz CT molecular complexity index is 622. The van der Waals surface area contributed by atoms with Crippen LogP contribution in [0.4, 0.5) is 0 Å². The molecule has 0 bridgehead atoms. The average molecular weight is 875 g/mol. The Morgan fingerprint density at radius 1 is 0.400 bits per heavy atom. The maximum atomic E-state index is 10.5. The number of ether oxygens (including phenoxy) is 10. The second-order valence-electron chi connectivity index (χ2n) is 10.7. The van der Waals surface area contributed by atoms with Crippen molar-refractivity contribution in [3.8, 4) is 0 Å². The largest absolute Gasteiger partial charge is 0.463 e. The molecule has 12 heteroatoms. The summed E-state index contributed by atoms with van der Waals surface area (Å²) in [5.41, 5.74) is 2.23. The standard InChI is InChI=1S/C12H16O3.9C4H10O/c1-9-3-5-11(6-4-9)7-12(14)8-15-10(2)13;9*1-3-5-4-2/h3-6,12,14H,7-8H2,1-2H3;9*3-4H2,1-2H3. The summed E-state index contributed by atoms with van der Waals surface area (Å²) in [6, 6.07) is 7.92. The lowest BCUT2D eigenvalue weighted by Gasteiger charge is -2.10. The van der Waals surface area contributed by atoms with Crippen molar-refractivity contribution in [3.63, 3.8) is 0 Å². The Balaban J connectivity index is -0.0000000720. The molecule has 1 unspecified atom stereocenters. The predicted molar refractivity (Wildman–Crippen MR) is 257 cm³/mol. The van der Waals surface area contributed by atoms with Crippen molar-refractivity contribution in [1.82, 2.24) is 0 Å². The number of aliphatic hydroxyl groups excluding tert-OH is 1. The van der Waals surface area contributed by atoms with E-state index in [-0.39, 0.29) is 12.6 Å². The lowest BCUT2D eigenvalue weighted by atomic mass is 10.1. The van der Waals surface area contributed by atoms with Gasteiger partial charge in [0.15, 0.2) is 0 Å². The van der Waals surface area contributed by atoms with Crippen molar-refractivity contribution in [3.05, 3.63) is 35.4 Å². The number of hydrogen-bond acceptors (Lipinski definition) is 12. The van der Waals surface area contributed by atoms with E-state index >= 15 is 0 Å². The molecule has 1 rings (SSSR count). The molecule has 370 valence electrons. The maximum absolute atomic E-state index is 10.5. The zero-order valence-electron chi connectivity index (χ0n) is 43.5. The third-order valence-corrected chi connectivity index (χ3v) is 5.75. The van der Waals surface area contributed by atoms with Crippen molar-refractivity contribution < 1.29 is 57.3 Å². The fraction of sp³-hybridized carbons (Fsp3) is 0.854. The minimum absolute atomic E-state index is 0.0587. The van der Waals surface area contributed by atoms with Crippen LogP contribution in [0.25, 0.3) is 0 Å². The van der Waals surface area contributed by atoms with Crippen molar-refractivity contribution in [1.29, 1.82) is 0 Å². The molecule has 1 N–H and O–H groups in total. The highest BCUT2D eigenvalue weighted by Gasteiger charge is 2.07. The maximum Gasteiger partial charge on any atom is 0.302 e. The molecule has 0 saturated carbocycles. The Morgan fingerprint density at radius 3 is 0.717 bits per heavy atom. The zero-order valence-corrected chi connectivity index (χ0v) is 43.5. The van der Waals surface area contributed by atoms with Crippen LogP contribution < -0.4 is 0 Å². The van der Waals surface area contributed by atoms with Crippen molar-refractivity contribution in [2.75, 3.05) is 126 Å². The lowest BCUT2D eigenvalue weighted by molar-refractivity contribution is -0.143. The van der Waals surface area contributed by atoms with Gasteiger partial charge >= 0.3 is 5.97 Å². The normalized spacial score (nSPS) is 9.35. The molecule has 1 aromatic rings. The van der Waals surface area contributed by atoms with E-state index in [1.54, 1.807) is 0 Å². The predicted octanol–water partition coefficient (Wildman–Crippen LogP) is 10.8. The van der Waals surface area contributed by atoms with Gasteiger partial charge in [0.25, 0.3) is 0 Å². The Kier molecular flexibility index (Phi) is 121. The highest BCUT2D eigenvalue weighted by molar-refractivity contribution is 5.65. The minimum atomic E-state index is -0.628. The summed E-state index contributed by atoms with van der Waals surface area (Å²) >= 11 is 0. The summed E-state index contributed by atoms with van der Waals surface area (Å²) in [6.07, 6.45) is -0.121. The molecule has 0 amide bonds. The van der Waals surface area contributed by atoms with E-state index in [1.165, 1.54) is 12.5 Å². The van der Waals surface area contributed by atoms with Crippen molar-refractivity contribution in [2.24, 2.45) is 0 Å². The van der Waals surface area contributed by atoms with Gasteiger partial charge in [0, 0.05) is 132 Å². The lowest BCUT2D eigenvalue weighted by Crippen LogP contribution is -2.19. The summed E-state index contributed by atoms with van der Waals surface area (Å²) in [5, 5.41) is 9.54. The molecule has 0 radical (unpaired) electrons. The van der Waals surface area contributed by atoms with Crippen LogP contribution in [0.2, 0.25) is 0 Å². The van der Waals surface area contributed by atoms with Crippen molar-refractivity contribution >= 4 is 5.97 Å². The molecule has 0 aromatic heterocycles. The molecule has 0 aliphatic rings. The van der Waals surface area contributed by atoms with Gasteiger partial charge in [-0.15, -0.1) is 0 Å². The van der Waals surface area contributed by atoms with Crippen LogP contribution in [0.1, 0.15) is 143 Å². The van der Waals surface area contributed by atoms with Gasteiger partial charge in [-0.1, -0.05) is 29.8 Å². The van der Waals surface area contributed by atoms with Gasteiger partial charge in [-0.3, -0.25) is 4.79 Å². The van der Waals surface area contributed by atoms with E-state index in [0.29, 0.717) is 6.42 Å². The first kappa shape index (κ1) is 78.7. The van der Waals surface area contributed by atoms with Gasteiger partial charge in [0.2, 0.25) is 0 Å². The topological polar surface area (TPSA) is 130 Å². The third kappa shape index (κ3) is 138. The molecule has 0 fully saturated rings. The van der Waals surface area contributed by atoms with Gasteiger partial charge in [0.1, 0.15) is 6.61 Å². The molecule has 0 aliphatic heterocycles. The number of aryl methyl sites for hydroxylation is 1. The quantitative estimate of drug-likeness (QED) is 0.111. The Labute approximate surface area is 374 Å². The first-order valence-electron chi connectivity index (χ1n) is 22.9. The summed E-state index contributed by atoms with van der Waals surface area (Å²) < 4.78 is 48.2. The molecule has 1 aromatic carbocycles. The summed E-state index contributed by atoms with van der Waals surface area (Å²) in [7, 11) is 0. The third-order valence-electron chi connectivity index (χ3n) is 5.75. The van der Waals surface area contributed by atoms with E-state index in [1.807, 2.05) is 156 Å². The van der Waals surface area contributed by atoms with Gasteiger partial charge in [-0.2, -0.15) is 0 Å². The highest BCUT2D eigenvalue weighted by Crippen LogP contribution is 2.06. The molecule has 60 heavy (non-hydrogen) atoms. The molecule has 1 atom stereocenters. The van der Waals surface area contributed by atoms with Gasteiger partial charge in [0.05, 0.1) is 6.10 Å². The van der Waals surface area contributed by atoms with Crippen LogP contribution in [-0.2, 0) is 58.6 Å². The number of hydrogen-bond donors (Lipinski definition) is 1. The molecular formula is C48H106O12. The summed E-state index contributed by atoms with van der Waals surface area (Å²) in [6.45, 7) is 54.4. The van der Waals surface area contributed by atoms with Crippen LogP contribution in [0, 0.1) is 6.92 Å². The monoisotopic (exact) mass is 875 g/mol. The number of benzene rings is 1. The number of carbonyl (C=O) groups excluding carboxylic acids is 1. The Morgan fingerprint density at radius 2 is 0.583 bits per heavy atom.